The van der Waals surface area contributed by atoms with E-state index in [-0.39, 0.29) is 23.4 Å². The average Bonchev–Trinajstić information content (AvgIpc) is 2.66. The molecule has 0 saturated carbocycles. The quantitative estimate of drug-likeness (QED) is 0.704. The molecule has 1 atom stereocenters. The zero-order valence-electron chi connectivity index (χ0n) is 15.7. The number of hydrogen-bond donors (Lipinski definition) is 1. The van der Waals surface area contributed by atoms with E-state index < -0.39 is 10.0 Å². The normalized spacial score (nSPS) is 16.2. The summed E-state index contributed by atoms with van der Waals surface area (Å²) in [5.41, 5.74) is 1.59. The van der Waals surface area contributed by atoms with Crippen molar-refractivity contribution in [1.82, 2.24) is 9.62 Å². The first-order valence-corrected chi connectivity index (χ1v) is 10.4. The van der Waals surface area contributed by atoms with E-state index in [1.165, 1.54) is 42.6 Å². The van der Waals surface area contributed by atoms with Gasteiger partial charge in [-0.25, -0.2) is 8.42 Å². The Labute approximate surface area is 156 Å². The van der Waals surface area contributed by atoms with Crippen molar-refractivity contribution < 1.29 is 17.9 Å². The number of sulfonamides is 1. The van der Waals surface area contributed by atoms with Crippen LogP contribution in [0, 0.1) is 0 Å². The largest absolute Gasteiger partial charge is 0.383 e. The van der Waals surface area contributed by atoms with Crippen LogP contribution in [0.25, 0.3) is 0 Å². The van der Waals surface area contributed by atoms with Gasteiger partial charge in [-0.05, 0) is 50.8 Å². The van der Waals surface area contributed by atoms with Crippen molar-refractivity contribution in [2.75, 3.05) is 27.3 Å². The van der Waals surface area contributed by atoms with Gasteiger partial charge in [-0.15, -0.1) is 0 Å². The Morgan fingerprint density at radius 2 is 2.12 bits per heavy atom. The number of hydrogen-bond acceptors (Lipinski definition) is 4. The summed E-state index contributed by atoms with van der Waals surface area (Å²) in [6.07, 6.45) is 6.59. The number of nitrogens with one attached hydrogen (secondary N) is 1. The van der Waals surface area contributed by atoms with Gasteiger partial charge in [0.05, 0.1) is 11.5 Å². The van der Waals surface area contributed by atoms with Crippen molar-refractivity contribution in [2.24, 2.45) is 0 Å². The molecule has 0 bridgehead atoms. The second kappa shape index (κ2) is 9.30. The standard InChI is InChI=1S/C19H28N2O4S/c1-15(16-8-5-4-6-9-16)20-19(22)17-10-7-11-18(14-17)26(23,24)21(2)12-13-25-3/h7-8,10-11,14-15H,4-6,9,12-13H2,1-3H3,(H,20,22). The number of nitrogens with zero attached hydrogens (tertiary/aromatic N) is 1. The van der Waals surface area contributed by atoms with Crippen molar-refractivity contribution in [3.05, 3.63) is 41.5 Å². The fraction of sp³-hybridized carbons (Fsp3) is 0.526. The van der Waals surface area contributed by atoms with Crippen molar-refractivity contribution in [2.45, 2.75) is 43.5 Å². The molecule has 2 rings (SSSR count). The topological polar surface area (TPSA) is 75.7 Å². The highest BCUT2D eigenvalue weighted by atomic mass is 32.2. The second-order valence-corrected chi connectivity index (χ2v) is 8.61. The molecule has 0 aromatic heterocycles. The van der Waals surface area contributed by atoms with Crippen LogP contribution in [0.15, 0.2) is 40.8 Å². The summed E-state index contributed by atoms with van der Waals surface area (Å²) in [4.78, 5) is 12.7. The minimum atomic E-state index is -3.65. The smallest absolute Gasteiger partial charge is 0.251 e. The minimum absolute atomic E-state index is 0.0487. The maximum absolute atomic E-state index is 12.6. The van der Waals surface area contributed by atoms with Crippen LogP contribution in [0.1, 0.15) is 43.0 Å². The van der Waals surface area contributed by atoms with Gasteiger partial charge in [0.1, 0.15) is 0 Å². The van der Waals surface area contributed by atoms with E-state index in [0.717, 1.165) is 19.3 Å². The number of ether oxygens (including phenoxy) is 1. The van der Waals surface area contributed by atoms with E-state index in [1.54, 1.807) is 12.1 Å². The molecule has 7 heteroatoms. The van der Waals surface area contributed by atoms with Gasteiger partial charge in [-0.2, -0.15) is 4.31 Å². The molecule has 26 heavy (non-hydrogen) atoms. The molecule has 1 aromatic rings. The van der Waals surface area contributed by atoms with Crippen molar-refractivity contribution in [3.8, 4) is 0 Å². The summed E-state index contributed by atoms with van der Waals surface area (Å²) in [6.45, 7) is 2.52. The SMILES string of the molecule is COCCN(C)S(=O)(=O)c1cccc(C(=O)NC(C)C2=CCCCC2)c1. The van der Waals surface area contributed by atoms with E-state index in [4.69, 9.17) is 4.74 Å². The molecule has 1 amide bonds. The van der Waals surface area contributed by atoms with Crippen LogP contribution in [-0.4, -0.2) is 52.0 Å². The number of allylic oxidation sites excluding steroid dienone is 1. The highest BCUT2D eigenvalue weighted by molar-refractivity contribution is 7.89. The molecule has 1 aliphatic carbocycles. The third kappa shape index (κ3) is 5.16. The molecule has 0 spiro atoms. The summed E-state index contributed by atoms with van der Waals surface area (Å²) in [5.74, 6) is -0.263. The number of amides is 1. The highest BCUT2D eigenvalue weighted by Gasteiger charge is 2.22. The highest BCUT2D eigenvalue weighted by Crippen LogP contribution is 2.21. The fourth-order valence-corrected chi connectivity index (χ4v) is 4.15. The number of carbonyl (C=O) groups is 1. The van der Waals surface area contributed by atoms with Gasteiger partial charge in [0, 0.05) is 32.3 Å². The molecule has 0 fully saturated rings. The second-order valence-electron chi connectivity index (χ2n) is 6.57. The molecule has 1 N–H and O–H groups in total. The van der Waals surface area contributed by atoms with Crippen LogP contribution >= 0.6 is 0 Å². The summed E-state index contributed by atoms with van der Waals surface area (Å²) >= 11 is 0. The Bertz CT molecular complexity index is 759. The Hall–Kier alpha value is -1.70. The zero-order valence-corrected chi connectivity index (χ0v) is 16.5. The first-order valence-electron chi connectivity index (χ1n) is 8.91. The molecule has 0 aliphatic heterocycles. The van der Waals surface area contributed by atoms with E-state index in [2.05, 4.69) is 11.4 Å². The van der Waals surface area contributed by atoms with Gasteiger partial charge >= 0.3 is 0 Å². The van der Waals surface area contributed by atoms with E-state index in [1.807, 2.05) is 6.92 Å². The van der Waals surface area contributed by atoms with Gasteiger partial charge in [-0.3, -0.25) is 4.79 Å². The Morgan fingerprint density at radius 3 is 2.77 bits per heavy atom. The number of rotatable bonds is 8. The number of carbonyl (C=O) groups excluding carboxylic acids is 1. The molecule has 0 heterocycles. The predicted octanol–water partition coefficient (Wildman–Crippen LogP) is 2.57. The van der Waals surface area contributed by atoms with Gasteiger partial charge in [0.15, 0.2) is 0 Å². The summed E-state index contributed by atoms with van der Waals surface area (Å²) in [6, 6.07) is 6.10. The Morgan fingerprint density at radius 1 is 1.35 bits per heavy atom. The van der Waals surface area contributed by atoms with Gasteiger partial charge < -0.3 is 10.1 Å². The van der Waals surface area contributed by atoms with Crippen molar-refractivity contribution >= 4 is 15.9 Å². The van der Waals surface area contributed by atoms with Crippen LogP contribution in [0.3, 0.4) is 0 Å². The van der Waals surface area contributed by atoms with E-state index in [0.29, 0.717) is 12.2 Å². The Kier molecular flexibility index (Phi) is 7.37. The lowest BCUT2D eigenvalue weighted by Gasteiger charge is -2.21. The molecule has 6 nitrogen and oxygen atoms in total. The number of benzene rings is 1. The van der Waals surface area contributed by atoms with Crippen LogP contribution in [-0.2, 0) is 14.8 Å². The maximum atomic E-state index is 12.6. The first kappa shape index (κ1) is 20.6. The fourth-order valence-electron chi connectivity index (χ4n) is 2.95. The number of likely N-dealkylation sites (N-methyl/N-ethyl adjacent to an activating group) is 1. The van der Waals surface area contributed by atoms with Gasteiger partial charge in [-0.1, -0.05) is 17.7 Å². The summed E-state index contributed by atoms with van der Waals surface area (Å²) in [7, 11) is -0.633. The molecule has 144 valence electrons. The molecule has 1 aliphatic rings. The lowest BCUT2D eigenvalue weighted by molar-refractivity contribution is 0.0944. The zero-order chi connectivity index (χ0) is 19.2. The third-order valence-electron chi connectivity index (χ3n) is 4.64. The van der Waals surface area contributed by atoms with E-state index in [9.17, 15) is 13.2 Å². The minimum Gasteiger partial charge on any atom is -0.383 e. The Balaban J connectivity index is 2.12. The van der Waals surface area contributed by atoms with Gasteiger partial charge in [0.25, 0.3) is 5.91 Å². The lowest BCUT2D eigenvalue weighted by atomic mass is 9.94. The van der Waals surface area contributed by atoms with Gasteiger partial charge in [0.2, 0.25) is 10.0 Å². The molecular formula is C19H28N2O4S. The van der Waals surface area contributed by atoms with Crippen molar-refractivity contribution in [3.63, 3.8) is 0 Å². The van der Waals surface area contributed by atoms with E-state index >= 15 is 0 Å². The van der Waals surface area contributed by atoms with Crippen molar-refractivity contribution in [1.29, 1.82) is 0 Å². The van der Waals surface area contributed by atoms with Crippen LogP contribution in [0.4, 0.5) is 0 Å². The molecular weight excluding hydrogens is 352 g/mol. The molecule has 0 saturated heterocycles. The number of methoxy groups -OCH3 is 1. The molecule has 0 radical (unpaired) electrons. The maximum Gasteiger partial charge on any atom is 0.251 e. The monoisotopic (exact) mass is 380 g/mol. The molecule has 1 aromatic carbocycles. The predicted molar refractivity (Wildman–Crippen MR) is 102 cm³/mol. The molecule has 1 unspecified atom stereocenters. The van der Waals surface area contributed by atoms with Crippen LogP contribution in [0.2, 0.25) is 0 Å². The third-order valence-corrected chi connectivity index (χ3v) is 6.50. The van der Waals surface area contributed by atoms with Crippen LogP contribution < -0.4 is 5.32 Å². The van der Waals surface area contributed by atoms with Crippen LogP contribution in [0.5, 0.6) is 0 Å². The average molecular weight is 381 g/mol. The first-order chi connectivity index (χ1) is 12.4. The summed E-state index contributed by atoms with van der Waals surface area (Å²) < 4.78 is 31.4. The lowest BCUT2D eigenvalue weighted by Crippen LogP contribution is -2.34. The summed E-state index contributed by atoms with van der Waals surface area (Å²) in [5, 5.41) is 2.97.